The van der Waals surface area contributed by atoms with Crippen molar-refractivity contribution in [1.29, 1.82) is 5.26 Å². The van der Waals surface area contributed by atoms with Gasteiger partial charge in [-0.05, 0) is 43.7 Å². The number of allylic oxidation sites excluding steroid dienone is 1. The van der Waals surface area contributed by atoms with E-state index < -0.39 is 0 Å². The first-order valence-electron chi connectivity index (χ1n) is 11.0. The van der Waals surface area contributed by atoms with Crippen LogP contribution in [0.25, 0.3) is 0 Å². The van der Waals surface area contributed by atoms with Crippen LogP contribution in [0.5, 0.6) is 17.2 Å². The Kier molecular flexibility index (Phi) is 6.99. The zero-order valence-electron chi connectivity index (χ0n) is 19.0. The van der Waals surface area contributed by atoms with Gasteiger partial charge in [0.25, 0.3) is 0 Å². The zero-order valence-corrected chi connectivity index (χ0v) is 19.9. The van der Waals surface area contributed by atoms with E-state index in [1.165, 1.54) is 11.8 Å². The Balaban J connectivity index is 1.65. The molecular weight excluding hydrogens is 438 g/mol. The summed E-state index contributed by atoms with van der Waals surface area (Å²) in [6.45, 7) is 5.34. The highest BCUT2D eigenvalue weighted by molar-refractivity contribution is 8.03. The molecule has 0 radical (unpaired) electrons. The van der Waals surface area contributed by atoms with Crippen molar-refractivity contribution in [2.75, 3.05) is 37.8 Å². The van der Waals surface area contributed by atoms with Crippen LogP contribution in [0.2, 0.25) is 0 Å². The molecule has 2 aromatic rings. The highest BCUT2D eigenvalue weighted by Crippen LogP contribution is 2.45. The number of para-hydroxylation sites is 2. The van der Waals surface area contributed by atoms with E-state index in [1.807, 2.05) is 56.3 Å². The van der Waals surface area contributed by atoms with Gasteiger partial charge in [0.1, 0.15) is 5.75 Å². The smallest absolute Gasteiger partial charge is 0.229 e. The summed E-state index contributed by atoms with van der Waals surface area (Å²) in [6, 6.07) is 15.8. The lowest BCUT2D eigenvalue weighted by atomic mass is 9.86. The van der Waals surface area contributed by atoms with Gasteiger partial charge in [-0.3, -0.25) is 9.69 Å². The fraction of sp³-hybridized carbons (Fsp3) is 0.360. The number of hydrogen-bond donors (Lipinski definition) is 0. The van der Waals surface area contributed by atoms with Crippen molar-refractivity contribution >= 4 is 23.4 Å². The van der Waals surface area contributed by atoms with Crippen LogP contribution in [0.3, 0.4) is 0 Å². The molecule has 4 rings (SSSR count). The summed E-state index contributed by atoms with van der Waals surface area (Å²) < 4.78 is 16.9. The van der Waals surface area contributed by atoms with Gasteiger partial charge in [-0.15, -0.1) is 0 Å². The summed E-state index contributed by atoms with van der Waals surface area (Å²) in [5.74, 6) is 2.34. The van der Waals surface area contributed by atoms with Crippen LogP contribution in [0.1, 0.15) is 31.7 Å². The van der Waals surface area contributed by atoms with E-state index >= 15 is 0 Å². The van der Waals surface area contributed by atoms with Crippen molar-refractivity contribution in [2.24, 2.45) is 0 Å². The van der Waals surface area contributed by atoms with Crippen LogP contribution >= 0.6 is 11.8 Å². The molecule has 1 amide bonds. The van der Waals surface area contributed by atoms with Crippen molar-refractivity contribution in [3.8, 4) is 23.3 Å². The summed E-state index contributed by atoms with van der Waals surface area (Å²) in [7, 11) is 1.59. The average molecular weight is 466 g/mol. The molecule has 1 saturated heterocycles. The number of amides is 1. The standard InChI is InChI=1S/C25H27N3O4S/c1-4-31-21-9-7-6-8-20(21)27-15-28-24(29)13-18(19(14-26)25(28)33-16-27)17-10-11-22(32-5-2)23(12-17)30-3/h6-12,18H,4-5,13,15-16H2,1-3H3/t18-/m1/s1. The predicted molar refractivity (Wildman–Crippen MR) is 128 cm³/mol. The second kappa shape index (κ2) is 10.1. The molecule has 2 aliphatic rings. The van der Waals surface area contributed by atoms with Crippen LogP contribution in [0.4, 0.5) is 5.69 Å². The van der Waals surface area contributed by atoms with Gasteiger partial charge in [0, 0.05) is 12.3 Å². The molecule has 0 aliphatic carbocycles. The monoisotopic (exact) mass is 465 g/mol. The lowest BCUT2D eigenvalue weighted by Crippen LogP contribution is -2.47. The molecular formula is C25H27N3O4S. The van der Waals surface area contributed by atoms with Crippen LogP contribution in [0.15, 0.2) is 53.1 Å². The number of ether oxygens (including phenoxy) is 3. The largest absolute Gasteiger partial charge is 0.493 e. The fourth-order valence-electron chi connectivity index (χ4n) is 4.17. The number of benzene rings is 2. The summed E-state index contributed by atoms with van der Waals surface area (Å²) in [5.41, 5.74) is 2.43. The first-order valence-corrected chi connectivity index (χ1v) is 11.9. The van der Waals surface area contributed by atoms with Crippen molar-refractivity contribution in [3.05, 3.63) is 58.6 Å². The molecule has 0 bridgehead atoms. The third kappa shape index (κ3) is 4.46. The number of anilines is 1. The molecule has 2 heterocycles. The van der Waals surface area contributed by atoms with E-state index in [-0.39, 0.29) is 18.2 Å². The maximum Gasteiger partial charge on any atom is 0.229 e. The summed E-state index contributed by atoms with van der Waals surface area (Å²) in [4.78, 5) is 17.1. The lowest BCUT2D eigenvalue weighted by molar-refractivity contribution is -0.129. The van der Waals surface area contributed by atoms with Gasteiger partial charge in [0.15, 0.2) is 11.5 Å². The minimum atomic E-state index is -0.312. The average Bonchev–Trinajstić information content (AvgIpc) is 2.85. The zero-order chi connectivity index (χ0) is 23.4. The molecule has 2 aliphatic heterocycles. The van der Waals surface area contributed by atoms with Gasteiger partial charge in [0.05, 0.1) is 55.2 Å². The van der Waals surface area contributed by atoms with Crippen molar-refractivity contribution < 1.29 is 19.0 Å². The van der Waals surface area contributed by atoms with Gasteiger partial charge < -0.3 is 19.1 Å². The SMILES string of the molecule is CCOc1ccc([C@H]2CC(=O)N3CN(c4ccccc4OCC)CSC3=C2C#N)cc1OC. The molecule has 8 heteroatoms. The van der Waals surface area contributed by atoms with Crippen LogP contribution < -0.4 is 19.1 Å². The summed E-state index contributed by atoms with van der Waals surface area (Å²) in [5, 5.41) is 10.8. The third-order valence-electron chi connectivity index (χ3n) is 5.69. The number of thioether (sulfide) groups is 1. The van der Waals surface area contributed by atoms with Gasteiger partial charge in [-0.2, -0.15) is 5.26 Å². The van der Waals surface area contributed by atoms with Crippen LogP contribution in [0, 0.1) is 11.3 Å². The van der Waals surface area contributed by atoms with Crippen LogP contribution in [-0.4, -0.2) is 43.7 Å². The minimum Gasteiger partial charge on any atom is -0.493 e. The molecule has 2 aromatic carbocycles. The molecule has 0 spiro atoms. The Morgan fingerprint density at radius 1 is 1.09 bits per heavy atom. The first kappa shape index (κ1) is 22.9. The molecule has 0 aromatic heterocycles. The number of carbonyl (C=O) groups is 1. The van der Waals surface area contributed by atoms with Gasteiger partial charge in [-0.1, -0.05) is 30.0 Å². The van der Waals surface area contributed by atoms with E-state index in [9.17, 15) is 10.1 Å². The van der Waals surface area contributed by atoms with Crippen molar-refractivity contribution in [2.45, 2.75) is 26.2 Å². The normalized spacial score (nSPS) is 18.0. The summed E-state index contributed by atoms with van der Waals surface area (Å²) >= 11 is 1.51. The van der Waals surface area contributed by atoms with Gasteiger partial charge in [-0.25, -0.2) is 0 Å². The Morgan fingerprint density at radius 2 is 1.85 bits per heavy atom. The maximum atomic E-state index is 13.2. The number of carbonyl (C=O) groups excluding carboxylic acids is 1. The Labute approximate surface area is 198 Å². The predicted octanol–water partition coefficient (Wildman–Crippen LogP) is 4.71. The second-order valence-electron chi connectivity index (χ2n) is 7.61. The van der Waals surface area contributed by atoms with Crippen LogP contribution in [-0.2, 0) is 4.79 Å². The quantitative estimate of drug-likeness (QED) is 0.586. The Hall–Kier alpha value is -3.31. The van der Waals surface area contributed by atoms with E-state index in [0.717, 1.165) is 22.0 Å². The van der Waals surface area contributed by atoms with E-state index in [0.29, 0.717) is 42.8 Å². The van der Waals surface area contributed by atoms with Crippen molar-refractivity contribution in [1.82, 2.24) is 4.90 Å². The molecule has 1 atom stereocenters. The topological polar surface area (TPSA) is 75.0 Å². The lowest BCUT2D eigenvalue weighted by Gasteiger charge is -2.42. The number of nitriles is 1. The second-order valence-corrected chi connectivity index (χ2v) is 8.54. The number of hydrogen-bond acceptors (Lipinski definition) is 7. The van der Waals surface area contributed by atoms with E-state index in [2.05, 4.69) is 11.0 Å². The Bertz CT molecular complexity index is 1110. The maximum absolute atomic E-state index is 13.2. The number of fused-ring (bicyclic) bond motifs is 1. The first-order chi connectivity index (χ1) is 16.1. The molecule has 172 valence electrons. The number of nitrogens with zero attached hydrogens (tertiary/aromatic N) is 3. The van der Waals surface area contributed by atoms with Crippen molar-refractivity contribution in [3.63, 3.8) is 0 Å². The molecule has 0 N–H and O–H groups in total. The van der Waals surface area contributed by atoms with E-state index in [1.54, 1.807) is 12.0 Å². The minimum absolute atomic E-state index is 0.00653. The number of methoxy groups -OCH3 is 1. The molecule has 33 heavy (non-hydrogen) atoms. The molecule has 0 saturated carbocycles. The number of rotatable bonds is 7. The van der Waals surface area contributed by atoms with E-state index in [4.69, 9.17) is 14.2 Å². The molecule has 0 unspecified atom stereocenters. The van der Waals surface area contributed by atoms with Gasteiger partial charge in [0.2, 0.25) is 5.91 Å². The highest BCUT2D eigenvalue weighted by atomic mass is 32.2. The van der Waals surface area contributed by atoms with Gasteiger partial charge >= 0.3 is 0 Å². The Morgan fingerprint density at radius 3 is 2.58 bits per heavy atom. The third-order valence-corrected chi connectivity index (χ3v) is 6.84. The highest BCUT2D eigenvalue weighted by Gasteiger charge is 2.39. The fourth-order valence-corrected chi connectivity index (χ4v) is 5.33. The summed E-state index contributed by atoms with van der Waals surface area (Å²) in [6.07, 6.45) is 0.227. The molecule has 7 nitrogen and oxygen atoms in total. The molecule has 1 fully saturated rings.